The maximum absolute atomic E-state index is 12.3. The molecule has 8 atom stereocenters. The summed E-state index contributed by atoms with van der Waals surface area (Å²) in [7, 11) is -2.71. The van der Waals surface area contributed by atoms with Gasteiger partial charge >= 0.3 is 0 Å². The van der Waals surface area contributed by atoms with Gasteiger partial charge in [0.25, 0.3) is 8.32 Å². The predicted molar refractivity (Wildman–Crippen MR) is 189 cm³/mol. The fourth-order valence-electron chi connectivity index (χ4n) is 10.8. The van der Waals surface area contributed by atoms with Gasteiger partial charge in [-0.05, 0) is 95.0 Å². The normalized spacial score (nSPS) is 35.1. The van der Waals surface area contributed by atoms with Gasteiger partial charge < -0.3 is 19.7 Å². The Morgan fingerprint density at radius 2 is 1.26 bits per heavy atom. The molecule has 0 bridgehead atoms. The van der Waals surface area contributed by atoms with Gasteiger partial charge in [0.15, 0.2) is 0 Å². The van der Waals surface area contributed by atoms with Crippen molar-refractivity contribution < 1.29 is 19.7 Å². The van der Waals surface area contributed by atoms with Crippen molar-refractivity contribution in [2.75, 3.05) is 13.2 Å². The highest BCUT2D eigenvalue weighted by Crippen LogP contribution is 2.67. The van der Waals surface area contributed by atoms with Crippen LogP contribution in [-0.2, 0) is 10.0 Å². The van der Waals surface area contributed by atoms with Gasteiger partial charge in [-0.2, -0.15) is 0 Å². The Hall–Kier alpha value is -2.28. The van der Waals surface area contributed by atoms with E-state index in [-0.39, 0.29) is 52.9 Å². The third-order valence-electron chi connectivity index (χ3n) is 13.4. The minimum Gasteiger partial charge on any atom is -0.404 e. The molecule has 0 aliphatic heterocycles. The van der Waals surface area contributed by atoms with Gasteiger partial charge in [0.1, 0.15) is 0 Å². The SMILES string of the molecule is CC(C)(C)[Si](O[C@H]1CC[C@@](C)([C@H]2CC[C@@]3(C)[C@@H](CC[C@@]3(O)c3ccccc3)[C@@H]2CO)[C@@H](CO)C1)(c1ccccc1)c1ccccc1. The van der Waals surface area contributed by atoms with Crippen molar-refractivity contribution in [1.29, 1.82) is 0 Å². The number of benzene rings is 3. The largest absolute Gasteiger partial charge is 0.404 e. The highest BCUT2D eigenvalue weighted by atomic mass is 28.4. The summed E-state index contributed by atoms with van der Waals surface area (Å²) in [6.45, 7) is 11.9. The van der Waals surface area contributed by atoms with Crippen LogP contribution in [0.15, 0.2) is 91.0 Å². The fourth-order valence-corrected chi connectivity index (χ4v) is 15.5. The molecule has 46 heavy (non-hydrogen) atoms. The van der Waals surface area contributed by atoms with Gasteiger partial charge in [-0.3, -0.25) is 0 Å². The molecule has 0 aromatic heterocycles. The highest BCUT2D eigenvalue weighted by molar-refractivity contribution is 6.99. The second-order valence-electron chi connectivity index (χ2n) is 16.3. The molecule has 0 amide bonds. The maximum atomic E-state index is 12.3. The first-order valence-electron chi connectivity index (χ1n) is 17.7. The number of rotatable bonds is 8. The number of aliphatic hydroxyl groups is 3. The maximum Gasteiger partial charge on any atom is 0.261 e. The minimum absolute atomic E-state index is 0.0487. The van der Waals surface area contributed by atoms with Crippen LogP contribution in [0.3, 0.4) is 0 Å². The first kappa shape index (κ1) is 33.6. The van der Waals surface area contributed by atoms with Crippen molar-refractivity contribution in [1.82, 2.24) is 0 Å². The molecule has 3 aliphatic carbocycles. The van der Waals surface area contributed by atoms with Crippen molar-refractivity contribution in [3.63, 3.8) is 0 Å². The molecular formula is C41H56O4Si. The van der Waals surface area contributed by atoms with E-state index in [0.717, 1.165) is 50.5 Å². The molecule has 0 radical (unpaired) electrons. The molecule has 0 saturated heterocycles. The first-order valence-corrected chi connectivity index (χ1v) is 19.6. The van der Waals surface area contributed by atoms with Gasteiger partial charge in [0, 0.05) is 24.7 Å². The van der Waals surface area contributed by atoms with E-state index < -0.39 is 13.9 Å². The lowest BCUT2D eigenvalue weighted by Crippen LogP contribution is -2.68. The zero-order chi connectivity index (χ0) is 32.8. The summed E-state index contributed by atoms with van der Waals surface area (Å²) in [6.07, 6.45) is 6.32. The third kappa shape index (κ3) is 5.26. The fraction of sp³-hybridized carbons (Fsp3) is 0.561. The molecule has 0 unspecified atom stereocenters. The van der Waals surface area contributed by atoms with E-state index in [9.17, 15) is 15.3 Å². The summed E-state index contributed by atoms with van der Waals surface area (Å²) < 4.78 is 7.59. The molecule has 3 saturated carbocycles. The Labute approximate surface area is 278 Å². The number of hydrogen-bond donors (Lipinski definition) is 3. The van der Waals surface area contributed by atoms with Crippen molar-refractivity contribution in [2.24, 2.45) is 34.5 Å². The average molecular weight is 641 g/mol. The third-order valence-corrected chi connectivity index (χ3v) is 18.5. The Morgan fingerprint density at radius 1 is 0.717 bits per heavy atom. The van der Waals surface area contributed by atoms with E-state index in [1.807, 2.05) is 18.2 Å². The van der Waals surface area contributed by atoms with Gasteiger partial charge in [-0.25, -0.2) is 0 Å². The predicted octanol–water partition coefficient (Wildman–Crippen LogP) is 7.05. The molecule has 5 heteroatoms. The summed E-state index contributed by atoms with van der Waals surface area (Å²) in [4.78, 5) is 0. The topological polar surface area (TPSA) is 69.9 Å². The van der Waals surface area contributed by atoms with E-state index in [2.05, 4.69) is 107 Å². The summed E-state index contributed by atoms with van der Waals surface area (Å²) in [5, 5.41) is 36.8. The number of fused-ring (bicyclic) bond motifs is 1. The highest BCUT2D eigenvalue weighted by Gasteiger charge is 2.64. The van der Waals surface area contributed by atoms with E-state index in [0.29, 0.717) is 5.92 Å². The van der Waals surface area contributed by atoms with Crippen LogP contribution in [0.5, 0.6) is 0 Å². The molecule has 3 aliphatic rings. The molecule has 0 spiro atoms. The second kappa shape index (κ2) is 12.6. The molecule has 3 fully saturated rings. The van der Waals surface area contributed by atoms with Crippen LogP contribution in [-0.4, -0.2) is 43.0 Å². The standard InChI is InChI=1S/C41H56O4Si/c1-38(2,3)46(33-17-11-7-12-18-33,34-19-13-8-14-20-34)45-32-21-24-39(4,31(27-32)28-42)36-22-25-40(5)37(35(36)29-43)23-26-41(40,44)30-15-9-6-10-16-30/h6-20,31-32,35-37,42-44H,21-29H2,1-5H3/t31-,32+,35-,36+,37+,39-,40+,41-/m1/s1. The lowest BCUT2D eigenvalue weighted by molar-refractivity contribution is -0.152. The second-order valence-corrected chi connectivity index (χ2v) is 20.6. The van der Waals surface area contributed by atoms with Crippen LogP contribution in [0.2, 0.25) is 5.04 Å². The summed E-state index contributed by atoms with van der Waals surface area (Å²) in [6, 6.07) is 31.9. The van der Waals surface area contributed by atoms with Crippen LogP contribution >= 0.6 is 0 Å². The molecule has 248 valence electrons. The van der Waals surface area contributed by atoms with Crippen molar-refractivity contribution in [2.45, 2.75) is 96.3 Å². The van der Waals surface area contributed by atoms with Gasteiger partial charge in [0.2, 0.25) is 0 Å². The van der Waals surface area contributed by atoms with E-state index >= 15 is 0 Å². The summed E-state index contributed by atoms with van der Waals surface area (Å²) in [5.74, 6) is 0.718. The summed E-state index contributed by atoms with van der Waals surface area (Å²) in [5.41, 5.74) is -0.263. The first-order chi connectivity index (χ1) is 21.9. The Balaban J connectivity index is 1.29. The smallest absolute Gasteiger partial charge is 0.261 e. The van der Waals surface area contributed by atoms with Crippen LogP contribution < -0.4 is 10.4 Å². The molecule has 3 aromatic rings. The zero-order valence-corrected chi connectivity index (χ0v) is 29.7. The molecular weight excluding hydrogens is 585 g/mol. The quantitative estimate of drug-likeness (QED) is 0.231. The molecule has 0 heterocycles. The molecule has 3 aromatic carbocycles. The van der Waals surface area contributed by atoms with Crippen LogP contribution in [0.25, 0.3) is 0 Å². The summed E-state index contributed by atoms with van der Waals surface area (Å²) >= 11 is 0. The van der Waals surface area contributed by atoms with Crippen LogP contribution in [0.4, 0.5) is 0 Å². The monoisotopic (exact) mass is 640 g/mol. The Bertz CT molecular complexity index is 1400. The number of aliphatic hydroxyl groups excluding tert-OH is 2. The lowest BCUT2D eigenvalue weighted by Gasteiger charge is -2.58. The van der Waals surface area contributed by atoms with E-state index in [1.54, 1.807) is 0 Å². The van der Waals surface area contributed by atoms with Gasteiger partial charge in [-0.15, -0.1) is 0 Å². The van der Waals surface area contributed by atoms with Gasteiger partial charge in [-0.1, -0.05) is 126 Å². The van der Waals surface area contributed by atoms with Crippen molar-refractivity contribution in [3.05, 3.63) is 96.6 Å². The van der Waals surface area contributed by atoms with Crippen LogP contribution in [0, 0.1) is 34.5 Å². The van der Waals surface area contributed by atoms with Crippen molar-refractivity contribution >= 4 is 18.7 Å². The van der Waals surface area contributed by atoms with Crippen molar-refractivity contribution in [3.8, 4) is 0 Å². The molecule has 6 rings (SSSR count). The lowest BCUT2D eigenvalue weighted by atomic mass is 9.48. The Morgan fingerprint density at radius 3 is 1.78 bits per heavy atom. The van der Waals surface area contributed by atoms with E-state index in [4.69, 9.17) is 4.43 Å². The molecule has 4 nitrogen and oxygen atoms in total. The Kier molecular flexibility index (Phi) is 9.23. The molecule has 3 N–H and O–H groups in total. The number of hydrogen-bond acceptors (Lipinski definition) is 4. The average Bonchev–Trinajstić information content (AvgIpc) is 3.35. The zero-order valence-electron chi connectivity index (χ0n) is 28.7. The van der Waals surface area contributed by atoms with E-state index in [1.165, 1.54) is 10.4 Å². The van der Waals surface area contributed by atoms with Gasteiger partial charge in [0.05, 0.1) is 5.60 Å². The minimum atomic E-state index is -2.71. The van der Waals surface area contributed by atoms with Crippen LogP contribution in [0.1, 0.15) is 85.1 Å².